The molecule has 3 aliphatic rings. The molecule has 1 aliphatic heterocycles. The molecule has 3 aromatic rings. The van der Waals surface area contributed by atoms with Gasteiger partial charge in [-0.1, -0.05) is 35.4 Å². The molecule has 6 rings (SSSR count). The highest BCUT2D eigenvalue weighted by molar-refractivity contribution is 6.37. The van der Waals surface area contributed by atoms with Crippen LogP contribution in [0.2, 0.25) is 10.0 Å². The van der Waals surface area contributed by atoms with Crippen LogP contribution in [-0.2, 0) is 38.0 Å². The summed E-state index contributed by atoms with van der Waals surface area (Å²) in [6, 6.07) is 9.12. The fourth-order valence-corrected chi connectivity index (χ4v) is 8.90. The van der Waals surface area contributed by atoms with Gasteiger partial charge in [0.05, 0.1) is 146 Å². The molecule has 17 nitrogen and oxygen atoms in total. The Hall–Kier alpha value is -4.03. The number of nitriles is 1. The van der Waals surface area contributed by atoms with E-state index in [1.807, 2.05) is 12.1 Å². The smallest absolute Gasteiger partial charge is 0.223 e. The van der Waals surface area contributed by atoms with Crippen molar-refractivity contribution >= 4 is 51.4 Å². The molecule has 1 saturated heterocycles. The Morgan fingerprint density at radius 1 is 0.691 bits per heavy atom. The summed E-state index contributed by atoms with van der Waals surface area (Å²) in [5.41, 5.74) is 2.02. The Morgan fingerprint density at radius 3 is 1.84 bits per heavy atom. The van der Waals surface area contributed by atoms with Crippen LogP contribution in [0.5, 0.6) is 17.2 Å². The molecule has 2 bridgehead atoms. The molecular weight excluding hydrogens is 919 g/mol. The molecular formula is C49H68Cl2N6O11. The molecule has 0 spiro atoms. The number of allylic oxidation sites excluding steroid dienone is 2. The molecule has 3 unspecified atom stereocenters. The van der Waals surface area contributed by atoms with Gasteiger partial charge in [-0.15, -0.1) is 0 Å². The largest absolute Gasteiger partial charge is 0.495 e. The van der Waals surface area contributed by atoms with Gasteiger partial charge in [0, 0.05) is 75.4 Å². The highest BCUT2D eigenvalue weighted by Crippen LogP contribution is 2.43. The lowest BCUT2D eigenvalue weighted by Crippen LogP contribution is -2.47. The third kappa shape index (κ3) is 17.1. The van der Waals surface area contributed by atoms with Gasteiger partial charge in [-0.05, 0) is 43.2 Å². The summed E-state index contributed by atoms with van der Waals surface area (Å²) < 4.78 is 56.5. The van der Waals surface area contributed by atoms with Crippen molar-refractivity contribution in [1.82, 2.24) is 20.1 Å². The van der Waals surface area contributed by atoms with Gasteiger partial charge >= 0.3 is 0 Å². The first-order valence-corrected chi connectivity index (χ1v) is 24.4. The maximum Gasteiger partial charge on any atom is 0.223 e. The fourth-order valence-electron chi connectivity index (χ4n) is 8.39. The predicted octanol–water partition coefficient (Wildman–Crippen LogP) is 6.01. The molecule has 2 aromatic carbocycles. The van der Waals surface area contributed by atoms with Gasteiger partial charge in [0.2, 0.25) is 5.91 Å². The number of hydrogen-bond acceptors (Lipinski definition) is 16. The quantitative estimate of drug-likeness (QED) is 0.0526. The molecule has 68 heavy (non-hydrogen) atoms. The van der Waals surface area contributed by atoms with E-state index in [4.69, 9.17) is 70.6 Å². The van der Waals surface area contributed by atoms with Gasteiger partial charge < -0.3 is 62.9 Å². The molecule has 2 heterocycles. The molecule has 19 heteroatoms. The number of halogens is 2. The van der Waals surface area contributed by atoms with Crippen molar-refractivity contribution in [2.24, 2.45) is 17.8 Å². The van der Waals surface area contributed by atoms with Gasteiger partial charge in [0.1, 0.15) is 11.8 Å². The van der Waals surface area contributed by atoms with Crippen LogP contribution in [0.1, 0.15) is 24.8 Å². The predicted molar refractivity (Wildman–Crippen MR) is 260 cm³/mol. The number of hydrogen-bond donors (Lipinski definition) is 2. The molecule has 374 valence electrons. The minimum absolute atomic E-state index is 0.136. The first kappa shape index (κ1) is 53.3. The number of carbonyl (C=O) groups excluding carboxylic acids is 1. The Labute approximate surface area is 410 Å². The number of nitrogens with one attached hydrogen (secondary N) is 2. The number of nitrogens with zero attached hydrogens (tertiary/aromatic N) is 4. The summed E-state index contributed by atoms with van der Waals surface area (Å²) in [5, 5.41) is 17.6. The number of benzene rings is 2. The Kier molecular flexibility index (Phi) is 23.4. The zero-order valence-electron chi connectivity index (χ0n) is 39.5. The van der Waals surface area contributed by atoms with Crippen molar-refractivity contribution in [3.05, 3.63) is 58.2 Å². The monoisotopic (exact) mass is 986 g/mol. The number of fused-ring (bicyclic) bond motifs is 3. The third-order valence-corrected chi connectivity index (χ3v) is 12.7. The average Bonchev–Trinajstić information content (AvgIpc) is 4.00. The van der Waals surface area contributed by atoms with Crippen LogP contribution < -0.4 is 24.8 Å². The van der Waals surface area contributed by atoms with Crippen LogP contribution in [0, 0.1) is 29.1 Å². The van der Waals surface area contributed by atoms with Gasteiger partial charge in [-0.25, -0.2) is 0 Å². The Morgan fingerprint density at radius 2 is 1.28 bits per heavy atom. The summed E-state index contributed by atoms with van der Waals surface area (Å²) in [6.45, 7) is 14.0. The van der Waals surface area contributed by atoms with E-state index in [9.17, 15) is 10.1 Å². The SMILES string of the molecule is COc1cc(Nc2c(C#N)cnc3cc(OCCCN4CCN(CCOCCOCCOCCOCCOCCOCCOCCNC(=O)C5CC6C=CC5C6)CC4)c(OC)cc23)c(Cl)cc1Cl. The number of rotatable bonds is 34. The number of methoxy groups -OCH3 is 2. The fraction of sp³-hybridized carbons (Fsp3) is 0.612. The maximum absolute atomic E-state index is 12.3. The summed E-state index contributed by atoms with van der Waals surface area (Å²) >= 11 is 12.7. The van der Waals surface area contributed by atoms with Crippen LogP contribution in [-0.4, -0.2) is 180 Å². The van der Waals surface area contributed by atoms with Crippen LogP contribution in [0.3, 0.4) is 0 Å². The van der Waals surface area contributed by atoms with Gasteiger partial charge in [-0.2, -0.15) is 5.26 Å². The zero-order valence-corrected chi connectivity index (χ0v) is 41.0. The van der Waals surface area contributed by atoms with E-state index >= 15 is 0 Å². The van der Waals surface area contributed by atoms with E-state index in [0.29, 0.717) is 173 Å². The lowest BCUT2D eigenvalue weighted by atomic mass is 9.93. The van der Waals surface area contributed by atoms with Crippen molar-refractivity contribution in [3.8, 4) is 23.3 Å². The van der Waals surface area contributed by atoms with E-state index in [-0.39, 0.29) is 11.8 Å². The van der Waals surface area contributed by atoms with E-state index in [1.54, 1.807) is 19.2 Å². The van der Waals surface area contributed by atoms with Gasteiger partial charge in [0.25, 0.3) is 0 Å². The summed E-state index contributed by atoms with van der Waals surface area (Å²) in [7, 11) is 3.11. The lowest BCUT2D eigenvalue weighted by molar-refractivity contribution is -0.126. The number of ether oxygens (including phenoxy) is 10. The van der Waals surface area contributed by atoms with Crippen molar-refractivity contribution in [1.29, 1.82) is 5.26 Å². The van der Waals surface area contributed by atoms with Crippen molar-refractivity contribution < 1.29 is 52.2 Å². The summed E-state index contributed by atoms with van der Waals surface area (Å²) in [5.74, 6) is 2.86. The second kappa shape index (κ2) is 29.9. The van der Waals surface area contributed by atoms with Crippen LogP contribution in [0.4, 0.5) is 11.4 Å². The molecule has 3 atom stereocenters. The second-order valence-electron chi connectivity index (χ2n) is 16.6. The van der Waals surface area contributed by atoms with Crippen molar-refractivity contribution in [3.63, 3.8) is 0 Å². The first-order chi connectivity index (χ1) is 33.4. The first-order valence-electron chi connectivity index (χ1n) is 23.7. The average molecular weight is 988 g/mol. The number of piperazine rings is 1. The normalized spacial score (nSPS) is 18.0. The molecule has 1 amide bonds. The maximum atomic E-state index is 12.3. The number of anilines is 2. The van der Waals surface area contributed by atoms with Crippen LogP contribution in [0.25, 0.3) is 10.9 Å². The summed E-state index contributed by atoms with van der Waals surface area (Å²) in [4.78, 5) is 21.7. The molecule has 2 N–H and O–H groups in total. The Balaban J connectivity index is 0.697. The number of pyridine rings is 1. The second-order valence-corrected chi connectivity index (χ2v) is 17.4. The van der Waals surface area contributed by atoms with Crippen LogP contribution >= 0.6 is 23.2 Å². The molecule has 2 fully saturated rings. The highest BCUT2D eigenvalue weighted by Gasteiger charge is 2.39. The van der Waals surface area contributed by atoms with E-state index in [1.165, 1.54) is 13.3 Å². The third-order valence-electron chi connectivity index (χ3n) is 12.1. The number of aromatic nitrogens is 1. The minimum atomic E-state index is 0.136. The van der Waals surface area contributed by atoms with Crippen molar-refractivity contribution in [2.75, 3.05) is 164 Å². The topological polar surface area (TPSA) is 177 Å². The molecule has 1 aromatic heterocycles. The van der Waals surface area contributed by atoms with E-state index in [0.717, 1.165) is 58.5 Å². The summed E-state index contributed by atoms with van der Waals surface area (Å²) in [6.07, 6.45) is 8.92. The standard InChI is InChI=1S/C49H68Cl2N6O11/c1-59-45-33-44(41(50)31-42(45)51)55-48-38(34-52)35-54-43-32-47(46(60-2)30-40(43)48)68-13-3-7-56-8-10-57(11-9-56)12-15-62-17-19-64-21-23-66-25-27-67-26-24-65-22-20-63-18-16-61-14-6-53-49(58)39-29-36-4-5-37(39)28-36/h4-5,30-33,35-37,39H,3,6-29H2,1-2H3,(H,53,58)(H,54,55). The zero-order chi connectivity index (χ0) is 47.8. The van der Waals surface area contributed by atoms with Crippen molar-refractivity contribution in [2.45, 2.75) is 19.3 Å². The van der Waals surface area contributed by atoms with Gasteiger partial charge in [0.15, 0.2) is 11.5 Å². The number of carbonyl (C=O) groups is 1. The minimum Gasteiger partial charge on any atom is -0.495 e. The van der Waals surface area contributed by atoms with E-state index < -0.39 is 0 Å². The highest BCUT2D eigenvalue weighted by atomic mass is 35.5. The van der Waals surface area contributed by atoms with Gasteiger partial charge in [-0.3, -0.25) is 14.7 Å². The molecule has 2 aliphatic carbocycles. The lowest BCUT2D eigenvalue weighted by Gasteiger charge is -2.34. The van der Waals surface area contributed by atoms with Crippen LogP contribution in [0.15, 0.2) is 42.6 Å². The van der Waals surface area contributed by atoms with E-state index in [2.05, 4.69) is 43.6 Å². The number of amides is 1. The molecule has 0 radical (unpaired) electrons. The molecule has 1 saturated carbocycles. The Bertz CT molecular complexity index is 2070.